The molecule has 0 aliphatic heterocycles. The summed E-state index contributed by atoms with van der Waals surface area (Å²) in [7, 11) is 1.63. The van der Waals surface area contributed by atoms with Crippen molar-refractivity contribution in [2.24, 2.45) is 0 Å². The van der Waals surface area contributed by atoms with Gasteiger partial charge in [0.2, 0.25) is 0 Å². The predicted molar refractivity (Wildman–Crippen MR) is 81.8 cm³/mol. The van der Waals surface area contributed by atoms with Crippen LogP contribution in [-0.4, -0.2) is 19.6 Å². The lowest BCUT2D eigenvalue weighted by atomic mass is 10.3. The molecule has 0 radical (unpaired) electrons. The summed E-state index contributed by atoms with van der Waals surface area (Å²) in [6, 6.07) is 14.3. The fourth-order valence-electron chi connectivity index (χ4n) is 1.64. The van der Waals surface area contributed by atoms with Crippen LogP contribution in [0.1, 0.15) is 0 Å². The highest BCUT2D eigenvalue weighted by Gasteiger charge is 2.15. The number of rotatable bonds is 4. The molecule has 0 fully saturated rings. The normalized spacial score (nSPS) is 10.2. The molecule has 2 rings (SSSR count). The molecule has 0 spiro atoms. The van der Waals surface area contributed by atoms with Crippen LogP contribution in [0.2, 0.25) is 10.0 Å². The molecule has 104 valence electrons. The lowest BCUT2D eigenvalue weighted by molar-refractivity contribution is -0.120. The SMILES string of the molecule is CN(C(=O)COc1ccccc1)c1cccc(Cl)c1Cl. The molecule has 0 heterocycles. The van der Waals surface area contributed by atoms with Crippen LogP contribution in [0.3, 0.4) is 0 Å². The van der Waals surface area contributed by atoms with E-state index in [0.29, 0.717) is 21.5 Å². The average molecular weight is 310 g/mol. The zero-order chi connectivity index (χ0) is 14.5. The molecule has 0 saturated heterocycles. The van der Waals surface area contributed by atoms with Gasteiger partial charge in [0.1, 0.15) is 5.75 Å². The third-order valence-corrected chi connectivity index (χ3v) is 3.58. The van der Waals surface area contributed by atoms with E-state index in [1.54, 1.807) is 37.4 Å². The fourth-order valence-corrected chi connectivity index (χ4v) is 2.07. The molecule has 5 heteroatoms. The lowest BCUT2D eigenvalue weighted by Gasteiger charge is -2.19. The second-order valence-corrected chi connectivity index (χ2v) is 4.91. The van der Waals surface area contributed by atoms with Crippen molar-refractivity contribution in [3.63, 3.8) is 0 Å². The first kappa shape index (κ1) is 14.7. The number of likely N-dealkylation sites (N-methyl/N-ethyl adjacent to an activating group) is 1. The Morgan fingerprint density at radius 1 is 1.10 bits per heavy atom. The minimum atomic E-state index is -0.210. The maximum absolute atomic E-state index is 12.1. The molecular formula is C15H13Cl2NO2. The van der Waals surface area contributed by atoms with Crippen LogP contribution in [0.15, 0.2) is 48.5 Å². The Bertz CT molecular complexity index is 602. The number of anilines is 1. The van der Waals surface area contributed by atoms with E-state index in [1.165, 1.54) is 4.90 Å². The van der Waals surface area contributed by atoms with Gasteiger partial charge >= 0.3 is 0 Å². The largest absolute Gasteiger partial charge is 0.484 e. The summed E-state index contributed by atoms with van der Waals surface area (Å²) in [5.41, 5.74) is 0.556. The smallest absolute Gasteiger partial charge is 0.264 e. The van der Waals surface area contributed by atoms with Gasteiger partial charge < -0.3 is 9.64 Å². The maximum Gasteiger partial charge on any atom is 0.264 e. The van der Waals surface area contributed by atoms with E-state index in [9.17, 15) is 4.79 Å². The van der Waals surface area contributed by atoms with Crippen molar-refractivity contribution in [1.29, 1.82) is 0 Å². The summed E-state index contributed by atoms with van der Waals surface area (Å²) in [6.07, 6.45) is 0. The molecule has 0 bridgehead atoms. The van der Waals surface area contributed by atoms with Crippen LogP contribution in [0.5, 0.6) is 5.75 Å². The number of para-hydroxylation sites is 1. The molecule has 0 aliphatic carbocycles. The van der Waals surface area contributed by atoms with Crippen molar-refractivity contribution >= 4 is 34.8 Å². The molecule has 0 saturated carbocycles. The highest BCUT2D eigenvalue weighted by Crippen LogP contribution is 2.31. The molecule has 2 aromatic carbocycles. The number of hydrogen-bond donors (Lipinski definition) is 0. The van der Waals surface area contributed by atoms with E-state index in [2.05, 4.69) is 0 Å². The topological polar surface area (TPSA) is 29.5 Å². The van der Waals surface area contributed by atoms with Gasteiger partial charge in [-0.1, -0.05) is 47.5 Å². The van der Waals surface area contributed by atoms with Crippen LogP contribution in [0.4, 0.5) is 5.69 Å². The Kier molecular flexibility index (Phi) is 4.88. The van der Waals surface area contributed by atoms with E-state index < -0.39 is 0 Å². The van der Waals surface area contributed by atoms with Crippen molar-refractivity contribution in [1.82, 2.24) is 0 Å². The van der Waals surface area contributed by atoms with Crippen molar-refractivity contribution in [2.75, 3.05) is 18.6 Å². The second-order valence-electron chi connectivity index (χ2n) is 4.13. The number of carbonyl (C=O) groups is 1. The van der Waals surface area contributed by atoms with E-state index in [0.717, 1.165) is 0 Å². The minimum Gasteiger partial charge on any atom is -0.484 e. The lowest BCUT2D eigenvalue weighted by Crippen LogP contribution is -2.31. The monoisotopic (exact) mass is 309 g/mol. The first-order valence-electron chi connectivity index (χ1n) is 5.98. The van der Waals surface area contributed by atoms with Gasteiger partial charge in [-0.05, 0) is 24.3 Å². The number of halogens is 2. The van der Waals surface area contributed by atoms with E-state index in [-0.39, 0.29) is 12.5 Å². The van der Waals surface area contributed by atoms with E-state index in [1.807, 2.05) is 18.2 Å². The van der Waals surface area contributed by atoms with Crippen LogP contribution >= 0.6 is 23.2 Å². The van der Waals surface area contributed by atoms with Crippen LogP contribution in [-0.2, 0) is 4.79 Å². The third-order valence-electron chi connectivity index (χ3n) is 2.77. The number of carbonyl (C=O) groups excluding carboxylic acids is 1. The molecule has 0 unspecified atom stereocenters. The molecule has 2 aromatic rings. The summed E-state index contributed by atoms with van der Waals surface area (Å²) >= 11 is 12.0. The van der Waals surface area contributed by atoms with Crippen LogP contribution < -0.4 is 9.64 Å². The molecule has 20 heavy (non-hydrogen) atoms. The molecule has 0 atom stereocenters. The quantitative estimate of drug-likeness (QED) is 0.853. The van der Waals surface area contributed by atoms with Gasteiger partial charge in [0.05, 0.1) is 15.7 Å². The summed E-state index contributed by atoms with van der Waals surface area (Å²) < 4.78 is 5.41. The Balaban J connectivity index is 2.04. The Hall–Kier alpha value is -1.71. The zero-order valence-corrected chi connectivity index (χ0v) is 12.4. The maximum atomic E-state index is 12.1. The minimum absolute atomic E-state index is 0.0661. The van der Waals surface area contributed by atoms with Gasteiger partial charge in [0, 0.05) is 7.05 Å². The third kappa shape index (κ3) is 3.44. The van der Waals surface area contributed by atoms with Gasteiger partial charge in [-0.25, -0.2) is 0 Å². The van der Waals surface area contributed by atoms with Crippen LogP contribution in [0.25, 0.3) is 0 Å². The summed E-state index contributed by atoms with van der Waals surface area (Å²) in [4.78, 5) is 13.5. The summed E-state index contributed by atoms with van der Waals surface area (Å²) in [6.45, 7) is -0.0661. The van der Waals surface area contributed by atoms with Crippen LogP contribution in [0, 0.1) is 0 Å². The van der Waals surface area contributed by atoms with Gasteiger partial charge in [-0.15, -0.1) is 0 Å². The van der Waals surface area contributed by atoms with Gasteiger partial charge in [-0.2, -0.15) is 0 Å². The first-order valence-corrected chi connectivity index (χ1v) is 6.73. The molecule has 0 aliphatic rings. The fraction of sp³-hybridized carbons (Fsp3) is 0.133. The number of amides is 1. The van der Waals surface area contributed by atoms with Gasteiger partial charge in [0.15, 0.2) is 6.61 Å². The second kappa shape index (κ2) is 6.64. The highest BCUT2D eigenvalue weighted by molar-refractivity contribution is 6.44. The first-order chi connectivity index (χ1) is 9.59. The van der Waals surface area contributed by atoms with Crippen molar-refractivity contribution in [3.05, 3.63) is 58.6 Å². The van der Waals surface area contributed by atoms with Crippen molar-refractivity contribution in [2.45, 2.75) is 0 Å². The molecule has 3 nitrogen and oxygen atoms in total. The van der Waals surface area contributed by atoms with Crippen molar-refractivity contribution in [3.8, 4) is 5.75 Å². The van der Waals surface area contributed by atoms with Gasteiger partial charge in [0.25, 0.3) is 5.91 Å². The predicted octanol–water partition coefficient (Wildman–Crippen LogP) is 4.04. The van der Waals surface area contributed by atoms with E-state index >= 15 is 0 Å². The summed E-state index contributed by atoms with van der Waals surface area (Å²) in [5, 5.41) is 0.762. The highest BCUT2D eigenvalue weighted by atomic mass is 35.5. The number of nitrogens with zero attached hydrogens (tertiary/aromatic N) is 1. The molecule has 0 N–H and O–H groups in total. The zero-order valence-electron chi connectivity index (χ0n) is 10.8. The van der Waals surface area contributed by atoms with E-state index in [4.69, 9.17) is 27.9 Å². The number of ether oxygens (including phenoxy) is 1. The Morgan fingerprint density at radius 3 is 2.50 bits per heavy atom. The summed E-state index contributed by atoms with van der Waals surface area (Å²) in [5.74, 6) is 0.435. The standard InChI is InChI=1S/C15H13Cl2NO2/c1-18(13-9-5-8-12(16)15(13)17)14(19)10-20-11-6-3-2-4-7-11/h2-9H,10H2,1H3. The molecule has 1 amide bonds. The van der Waals surface area contributed by atoms with Gasteiger partial charge in [-0.3, -0.25) is 4.79 Å². The number of benzene rings is 2. The molecule has 0 aromatic heterocycles. The van der Waals surface area contributed by atoms with Crippen molar-refractivity contribution < 1.29 is 9.53 Å². The average Bonchev–Trinajstić information content (AvgIpc) is 2.48. The number of hydrogen-bond acceptors (Lipinski definition) is 2. The Labute approximate surface area is 127 Å². The Morgan fingerprint density at radius 2 is 1.80 bits per heavy atom. The molecular weight excluding hydrogens is 297 g/mol.